The van der Waals surface area contributed by atoms with Gasteiger partial charge in [-0.2, -0.15) is 5.10 Å². The van der Waals surface area contributed by atoms with Crippen molar-refractivity contribution in [3.8, 4) is 0 Å². The molecule has 1 heterocycles. The molecule has 0 spiro atoms. The van der Waals surface area contributed by atoms with Gasteiger partial charge in [0.15, 0.2) is 0 Å². The molecule has 1 aromatic carbocycles. The van der Waals surface area contributed by atoms with Gasteiger partial charge in [0.05, 0.1) is 23.7 Å². The molecule has 0 aliphatic rings. The third-order valence-electron chi connectivity index (χ3n) is 2.32. The normalized spacial score (nSPS) is 10.4. The van der Waals surface area contributed by atoms with Crippen LogP contribution in [0, 0.1) is 19.5 Å². The second-order valence-corrected chi connectivity index (χ2v) is 4.99. The van der Waals surface area contributed by atoms with Gasteiger partial charge in [0.1, 0.15) is 5.82 Å². The summed E-state index contributed by atoms with van der Waals surface area (Å²) in [4.78, 5) is 21.6. The highest BCUT2D eigenvalue weighted by Crippen LogP contribution is 2.16. The fourth-order valence-corrected chi connectivity index (χ4v) is 1.92. The number of rotatable bonds is 3. The van der Waals surface area contributed by atoms with E-state index in [1.165, 1.54) is 18.3 Å². The summed E-state index contributed by atoms with van der Waals surface area (Å²) < 4.78 is 15.0. The Kier molecular flexibility index (Phi) is 3.88. The maximum absolute atomic E-state index is 13.2. The maximum atomic E-state index is 13.2. The summed E-state index contributed by atoms with van der Waals surface area (Å²) in [5.41, 5.74) is -0.394. The van der Waals surface area contributed by atoms with Crippen LogP contribution >= 0.6 is 22.6 Å². The summed E-state index contributed by atoms with van der Waals surface area (Å²) in [6, 6.07) is 4.56. The number of hydrogen-bond donors (Lipinski definition) is 0. The zero-order chi connectivity index (χ0) is 14.0. The van der Waals surface area contributed by atoms with Crippen molar-refractivity contribution in [1.29, 1.82) is 0 Å². The van der Waals surface area contributed by atoms with E-state index in [0.717, 1.165) is 16.8 Å². The lowest BCUT2D eigenvalue weighted by molar-refractivity contribution is -0.385. The lowest BCUT2D eigenvalue weighted by Crippen LogP contribution is -2.22. The number of non-ortho nitro benzene ring substituents is 1. The minimum absolute atomic E-state index is 0.0195. The molecule has 0 bridgehead atoms. The molecular weight excluding hydrogens is 368 g/mol. The van der Waals surface area contributed by atoms with E-state index >= 15 is 0 Å². The molecule has 0 saturated carbocycles. The lowest BCUT2D eigenvalue weighted by Gasteiger charge is -2.04. The Balaban J connectivity index is 2.38. The van der Waals surface area contributed by atoms with Crippen LogP contribution < -0.4 is 5.56 Å². The van der Waals surface area contributed by atoms with Crippen LogP contribution in [0.3, 0.4) is 0 Å². The van der Waals surface area contributed by atoms with E-state index in [0.29, 0.717) is 9.13 Å². The quantitative estimate of drug-likeness (QED) is 0.467. The summed E-state index contributed by atoms with van der Waals surface area (Å²) in [7, 11) is 0. The van der Waals surface area contributed by atoms with Gasteiger partial charge < -0.3 is 0 Å². The molecule has 0 unspecified atom stereocenters. The van der Waals surface area contributed by atoms with Gasteiger partial charge in [0, 0.05) is 15.7 Å². The molecular formula is C11H7FIN3O3. The smallest absolute Gasteiger partial charge is 0.268 e. The number of hydrogen-bond acceptors (Lipinski definition) is 4. The van der Waals surface area contributed by atoms with Crippen molar-refractivity contribution in [3.05, 3.63) is 65.9 Å². The molecule has 0 saturated heterocycles. The van der Waals surface area contributed by atoms with Crippen LogP contribution in [0.25, 0.3) is 0 Å². The van der Waals surface area contributed by atoms with Crippen molar-refractivity contribution in [2.75, 3.05) is 0 Å². The van der Waals surface area contributed by atoms with Crippen molar-refractivity contribution in [2.45, 2.75) is 6.54 Å². The molecule has 0 atom stereocenters. The lowest BCUT2D eigenvalue weighted by atomic mass is 10.2. The molecule has 1 aromatic heterocycles. The average Bonchev–Trinajstić information content (AvgIpc) is 2.32. The molecule has 2 rings (SSSR count). The summed E-state index contributed by atoms with van der Waals surface area (Å²) in [5, 5.41) is 14.5. The molecule has 0 amide bonds. The second kappa shape index (κ2) is 5.43. The van der Waals surface area contributed by atoms with Crippen LogP contribution in [0.4, 0.5) is 10.1 Å². The molecule has 98 valence electrons. The van der Waals surface area contributed by atoms with Gasteiger partial charge in [-0.3, -0.25) is 14.9 Å². The fraction of sp³-hybridized carbons (Fsp3) is 0.0909. The van der Waals surface area contributed by atoms with Crippen molar-refractivity contribution < 1.29 is 9.31 Å². The standard InChI is InChI=1S/C11H7FIN3O3/c12-8-1-7(2-10(3-8)16(18)19)6-15-11(17)4-9(13)5-14-15/h1-5H,6H2. The number of nitro groups is 1. The van der Waals surface area contributed by atoms with Crippen molar-refractivity contribution in [2.24, 2.45) is 0 Å². The minimum Gasteiger partial charge on any atom is -0.268 e. The Morgan fingerprint density at radius 3 is 2.74 bits per heavy atom. The van der Waals surface area contributed by atoms with Gasteiger partial charge >= 0.3 is 0 Å². The van der Waals surface area contributed by atoms with Gasteiger partial charge in [0.2, 0.25) is 0 Å². The van der Waals surface area contributed by atoms with Gasteiger partial charge in [-0.05, 0) is 34.2 Å². The first-order valence-electron chi connectivity index (χ1n) is 5.12. The monoisotopic (exact) mass is 375 g/mol. The minimum atomic E-state index is -0.720. The molecule has 0 aliphatic carbocycles. The van der Waals surface area contributed by atoms with E-state index in [1.54, 1.807) is 0 Å². The Hall–Kier alpha value is -1.84. The highest BCUT2D eigenvalue weighted by Gasteiger charge is 2.10. The number of nitro benzene ring substituents is 1. The maximum Gasteiger partial charge on any atom is 0.272 e. The van der Waals surface area contributed by atoms with Crippen LogP contribution in [0.2, 0.25) is 0 Å². The Morgan fingerprint density at radius 2 is 2.11 bits per heavy atom. The third-order valence-corrected chi connectivity index (χ3v) is 2.91. The van der Waals surface area contributed by atoms with E-state index in [9.17, 15) is 19.3 Å². The predicted octanol–water partition coefficient (Wildman–Crippen LogP) is 1.94. The van der Waals surface area contributed by atoms with Gasteiger partial charge in [-0.1, -0.05) is 0 Å². The molecule has 6 nitrogen and oxygen atoms in total. The first-order chi connectivity index (χ1) is 8.95. The van der Waals surface area contributed by atoms with E-state index in [2.05, 4.69) is 5.10 Å². The zero-order valence-corrected chi connectivity index (χ0v) is 11.6. The zero-order valence-electron chi connectivity index (χ0n) is 9.42. The fourth-order valence-electron chi connectivity index (χ4n) is 1.53. The first kappa shape index (κ1) is 13.6. The van der Waals surface area contributed by atoms with Crippen LogP contribution in [0.15, 0.2) is 35.3 Å². The number of benzene rings is 1. The Labute approximate surface area is 120 Å². The Bertz CT molecular complexity index is 702. The van der Waals surface area contributed by atoms with Crippen molar-refractivity contribution >= 4 is 28.3 Å². The molecule has 0 aliphatic heterocycles. The summed E-state index contributed by atoms with van der Waals surface area (Å²) in [6.07, 6.45) is 1.48. The van der Waals surface area contributed by atoms with E-state index in [1.807, 2.05) is 22.6 Å². The molecule has 0 N–H and O–H groups in total. The molecule has 0 fully saturated rings. The van der Waals surface area contributed by atoms with Crippen molar-refractivity contribution in [1.82, 2.24) is 9.78 Å². The second-order valence-electron chi connectivity index (χ2n) is 3.74. The molecule has 0 radical (unpaired) electrons. The van der Waals surface area contributed by atoms with Gasteiger partial charge in [-0.15, -0.1) is 0 Å². The van der Waals surface area contributed by atoms with Crippen LogP contribution in [0.1, 0.15) is 5.56 Å². The number of halogens is 2. The average molecular weight is 375 g/mol. The molecule has 8 heteroatoms. The van der Waals surface area contributed by atoms with E-state index < -0.39 is 10.7 Å². The Morgan fingerprint density at radius 1 is 1.37 bits per heavy atom. The summed E-state index contributed by atoms with van der Waals surface area (Å²) in [5.74, 6) is -0.720. The largest absolute Gasteiger partial charge is 0.272 e. The highest BCUT2D eigenvalue weighted by molar-refractivity contribution is 14.1. The number of aromatic nitrogens is 2. The summed E-state index contributed by atoms with van der Waals surface area (Å²) in [6.45, 7) is -0.0195. The van der Waals surface area contributed by atoms with Gasteiger partial charge in [0.25, 0.3) is 11.2 Å². The summed E-state index contributed by atoms with van der Waals surface area (Å²) >= 11 is 1.95. The molecule has 2 aromatic rings. The van der Waals surface area contributed by atoms with Crippen LogP contribution in [-0.2, 0) is 6.54 Å². The van der Waals surface area contributed by atoms with Gasteiger partial charge in [-0.25, -0.2) is 9.07 Å². The first-order valence-corrected chi connectivity index (χ1v) is 6.20. The highest BCUT2D eigenvalue weighted by atomic mass is 127. The number of nitrogens with zero attached hydrogens (tertiary/aromatic N) is 3. The van der Waals surface area contributed by atoms with Crippen LogP contribution in [-0.4, -0.2) is 14.7 Å². The predicted molar refractivity (Wildman–Crippen MR) is 73.4 cm³/mol. The van der Waals surface area contributed by atoms with Crippen LogP contribution in [0.5, 0.6) is 0 Å². The SMILES string of the molecule is O=c1cc(I)cnn1Cc1cc(F)cc([N+](=O)[O-])c1. The van der Waals surface area contributed by atoms with E-state index in [-0.39, 0.29) is 17.8 Å². The third kappa shape index (κ3) is 3.34. The van der Waals surface area contributed by atoms with Crippen molar-refractivity contribution in [3.63, 3.8) is 0 Å². The topological polar surface area (TPSA) is 78.0 Å². The molecule has 19 heavy (non-hydrogen) atoms. The van der Waals surface area contributed by atoms with E-state index in [4.69, 9.17) is 0 Å².